The molecule has 0 amide bonds. The van der Waals surface area contributed by atoms with Gasteiger partial charge in [-0.3, -0.25) is 0 Å². The van der Waals surface area contributed by atoms with Crippen LogP contribution in [-0.2, 0) is 4.74 Å². The second-order valence-electron chi connectivity index (χ2n) is 3.26. The number of hydrogen-bond acceptors (Lipinski definition) is 3. The van der Waals surface area contributed by atoms with Crippen molar-refractivity contribution in [2.24, 2.45) is 0 Å². The Morgan fingerprint density at radius 3 is 3.23 bits per heavy atom. The molecule has 0 aromatic rings. The van der Waals surface area contributed by atoms with Gasteiger partial charge in [-0.1, -0.05) is 0 Å². The van der Waals surface area contributed by atoms with Crippen molar-refractivity contribution in [3.8, 4) is 0 Å². The van der Waals surface area contributed by atoms with Gasteiger partial charge in [0.05, 0.1) is 6.26 Å². The number of thioether (sulfide) groups is 1. The Morgan fingerprint density at radius 2 is 2.54 bits per heavy atom. The SMILES string of the molecule is CSCCCNCC1CCC=CO1. The number of nitrogens with one attached hydrogen (secondary N) is 1. The molecule has 1 aliphatic rings. The molecular weight excluding hydrogens is 182 g/mol. The van der Waals surface area contributed by atoms with Gasteiger partial charge in [0.2, 0.25) is 0 Å². The van der Waals surface area contributed by atoms with Crippen molar-refractivity contribution < 1.29 is 4.74 Å². The smallest absolute Gasteiger partial charge is 0.110 e. The lowest BCUT2D eigenvalue weighted by Crippen LogP contribution is -2.29. The third-order valence-electron chi connectivity index (χ3n) is 2.10. The minimum absolute atomic E-state index is 0.402. The molecular formula is C10H19NOS. The first kappa shape index (κ1) is 10.9. The van der Waals surface area contributed by atoms with Crippen molar-refractivity contribution in [3.63, 3.8) is 0 Å². The van der Waals surface area contributed by atoms with Crippen LogP contribution in [0.5, 0.6) is 0 Å². The fraction of sp³-hybridized carbons (Fsp3) is 0.800. The summed E-state index contributed by atoms with van der Waals surface area (Å²) in [4.78, 5) is 0. The van der Waals surface area contributed by atoms with E-state index in [2.05, 4.69) is 17.6 Å². The van der Waals surface area contributed by atoms with E-state index in [0.29, 0.717) is 6.10 Å². The van der Waals surface area contributed by atoms with E-state index in [1.165, 1.54) is 12.2 Å². The number of allylic oxidation sites excluding steroid dienone is 1. The first-order valence-corrected chi connectivity index (χ1v) is 6.33. The Balaban J connectivity index is 1.90. The summed E-state index contributed by atoms with van der Waals surface area (Å²) >= 11 is 1.91. The maximum atomic E-state index is 5.44. The van der Waals surface area contributed by atoms with E-state index in [1.807, 2.05) is 18.0 Å². The molecule has 0 bridgehead atoms. The Morgan fingerprint density at radius 1 is 1.62 bits per heavy atom. The molecule has 1 unspecified atom stereocenters. The van der Waals surface area contributed by atoms with Gasteiger partial charge in [0, 0.05) is 6.54 Å². The molecule has 0 aliphatic carbocycles. The monoisotopic (exact) mass is 201 g/mol. The molecule has 76 valence electrons. The fourth-order valence-corrected chi connectivity index (χ4v) is 1.77. The summed E-state index contributed by atoms with van der Waals surface area (Å²) in [6.45, 7) is 2.11. The Labute approximate surface area is 85.1 Å². The Bertz CT molecular complexity index is 150. The van der Waals surface area contributed by atoms with Crippen molar-refractivity contribution in [1.29, 1.82) is 0 Å². The van der Waals surface area contributed by atoms with Crippen LogP contribution in [0.25, 0.3) is 0 Å². The van der Waals surface area contributed by atoms with E-state index in [4.69, 9.17) is 4.74 Å². The van der Waals surface area contributed by atoms with E-state index in [0.717, 1.165) is 25.9 Å². The lowest BCUT2D eigenvalue weighted by molar-refractivity contribution is 0.122. The molecule has 0 fully saturated rings. The van der Waals surface area contributed by atoms with Crippen LogP contribution in [0.3, 0.4) is 0 Å². The average Bonchev–Trinajstić information content (AvgIpc) is 2.19. The van der Waals surface area contributed by atoms with Gasteiger partial charge in [0.1, 0.15) is 6.10 Å². The molecule has 1 atom stereocenters. The molecule has 0 radical (unpaired) electrons. The zero-order valence-corrected chi connectivity index (χ0v) is 9.11. The Hall–Kier alpha value is -0.150. The van der Waals surface area contributed by atoms with Crippen LogP contribution in [0, 0.1) is 0 Å². The van der Waals surface area contributed by atoms with Crippen LogP contribution in [0.1, 0.15) is 19.3 Å². The first-order valence-electron chi connectivity index (χ1n) is 4.93. The van der Waals surface area contributed by atoms with Gasteiger partial charge in [-0.15, -0.1) is 0 Å². The topological polar surface area (TPSA) is 21.3 Å². The number of ether oxygens (including phenoxy) is 1. The number of rotatable bonds is 6. The van der Waals surface area contributed by atoms with E-state index >= 15 is 0 Å². The average molecular weight is 201 g/mol. The molecule has 2 nitrogen and oxygen atoms in total. The van der Waals surface area contributed by atoms with E-state index in [9.17, 15) is 0 Å². The van der Waals surface area contributed by atoms with Crippen LogP contribution in [0.2, 0.25) is 0 Å². The lowest BCUT2D eigenvalue weighted by atomic mass is 10.1. The molecule has 0 saturated carbocycles. The fourth-order valence-electron chi connectivity index (χ4n) is 1.34. The zero-order valence-electron chi connectivity index (χ0n) is 8.29. The maximum absolute atomic E-state index is 5.44. The highest BCUT2D eigenvalue weighted by Crippen LogP contribution is 2.08. The summed E-state index contributed by atoms with van der Waals surface area (Å²) in [6, 6.07) is 0. The standard InChI is InChI=1S/C10H19NOS/c1-13-8-4-6-11-9-10-5-2-3-7-12-10/h3,7,10-11H,2,4-6,8-9H2,1H3. The summed E-state index contributed by atoms with van der Waals surface area (Å²) in [6.07, 6.45) is 10.0. The zero-order chi connectivity index (χ0) is 9.36. The van der Waals surface area contributed by atoms with Gasteiger partial charge in [-0.25, -0.2) is 0 Å². The molecule has 1 rings (SSSR count). The van der Waals surface area contributed by atoms with Gasteiger partial charge in [0.25, 0.3) is 0 Å². The van der Waals surface area contributed by atoms with E-state index in [-0.39, 0.29) is 0 Å². The highest BCUT2D eigenvalue weighted by atomic mass is 32.2. The largest absolute Gasteiger partial charge is 0.497 e. The summed E-state index contributed by atoms with van der Waals surface area (Å²) in [5, 5.41) is 3.42. The van der Waals surface area contributed by atoms with Crippen LogP contribution < -0.4 is 5.32 Å². The molecule has 0 spiro atoms. The van der Waals surface area contributed by atoms with Gasteiger partial charge < -0.3 is 10.1 Å². The van der Waals surface area contributed by atoms with Crippen LogP contribution in [0.4, 0.5) is 0 Å². The predicted octanol–water partition coefficient (Wildman–Crippen LogP) is 2.02. The van der Waals surface area contributed by atoms with Crippen molar-refractivity contribution in [2.45, 2.75) is 25.4 Å². The third kappa shape index (κ3) is 5.21. The minimum atomic E-state index is 0.402. The molecule has 0 aromatic carbocycles. The first-order chi connectivity index (χ1) is 6.43. The highest BCUT2D eigenvalue weighted by molar-refractivity contribution is 7.98. The molecule has 1 heterocycles. The molecule has 1 N–H and O–H groups in total. The Kier molecular flexibility index (Phi) is 6.11. The van der Waals surface area contributed by atoms with E-state index in [1.54, 1.807) is 0 Å². The third-order valence-corrected chi connectivity index (χ3v) is 2.79. The van der Waals surface area contributed by atoms with Gasteiger partial charge in [-0.05, 0) is 43.9 Å². The molecule has 3 heteroatoms. The second-order valence-corrected chi connectivity index (χ2v) is 4.24. The van der Waals surface area contributed by atoms with Crippen LogP contribution in [-0.4, -0.2) is 31.2 Å². The molecule has 0 saturated heterocycles. The maximum Gasteiger partial charge on any atom is 0.110 e. The second kappa shape index (κ2) is 7.27. The van der Waals surface area contributed by atoms with Gasteiger partial charge in [0.15, 0.2) is 0 Å². The molecule has 13 heavy (non-hydrogen) atoms. The predicted molar refractivity (Wildman–Crippen MR) is 59.1 cm³/mol. The van der Waals surface area contributed by atoms with Crippen molar-refractivity contribution in [1.82, 2.24) is 5.32 Å². The molecule has 0 aromatic heterocycles. The van der Waals surface area contributed by atoms with Gasteiger partial charge >= 0.3 is 0 Å². The highest BCUT2D eigenvalue weighted by Gasteiger charge is 2.09. The van der Waals surface area contributed by atoms with Crippen LogP contribution in [0.15, 0.2) is 12.3 Å². The summed E-state index contributed by atoms with van der Waals surface area (Å²) in [7, 11) is 0. The normalized spacial score (nSPS) is 21.5. The van der Waals surface area contributed by atoms with Crippen molar-refractivity contribution in [3.05, 3.63) is 12.3 Å². The minimum Gasteiger partial charge on any atom is -0.497 e. The molecule has 1 aliphatic heterocycles. The number of hydrogen-bond donors (Lipinski definition) is 1. The van der Waals surface area contributed by atoms with Crippen molar-refractivity contribution in [2.75, 3.05) is 25.1 Å². The lowest BCUT2D eigenvalue weighted by Gasteiger charge is -2.19. The summed E-state index contributed by atoms with van der Waals surface area (Å²) < 4.78 is 5.44. The summed E-state index contributed by atoms with van der Waals surface area (Å²) in [5.41, 5.74) is 0. The van der Waals surface area contributed by atoms with Crippen LogP contribution >= 0.6 is 11.8 Å². The summed E-state index contributed by atoms with van der Waals surface area (Å²) in [5.74, 6) is 1.25. The quantitative estimate of drug-likeness (QED) is 0.664. The van der Waals surface area contributed by atoms with Crippen molar-refractivity contribution >= 4 is 11.8 Å². The van der Waals surface area contributed by atoms with Gasteiger partial charge in [-0.2, -0.15) is 11.8 Å². The van der Waals surface area contributed by atoms with E-state index < -0.39 is 0 Å².